The minimum atomic E-state index is -0.940. The van der Waals surface area contributed by atoms with Crippen LogP contribution in [-0.2, 0) is 0 Å². The van der Waals surface area contributed by atoms with Crippen LogP contribution in [-0.4, -0.2) is 30.6 Å². The van der Waals surface area contributed by atoms with Crippen molar-refractivity contribution in [3.8, 4) is 11.8 Å². The summed E-state index contributed by atoms with van der Waals surface area (Å²) in [4.78, 5) is 23.1. The molecule has 6 nitrogen and oxygen atoms in total. The SMILES string of the molecule is CC(C)n1cc(C(=O)O)c2cccc(C#Cc3ncnc4[nH]ccc34)c21. The fourth-order valence-electron chi connectivity index (χ4n) is 3.09. The van der Waals surface area contributed by atoms with Crippen LogP contribution < -0.4 is 0 Å². The largest absolute Gasteiger partial charge is 0.478 e. The fourth-order valence-corrected chi connectivity index (χ4v) is 3.09. The lowest BCUT2D eigenvalue weighted by Gasteiger charge is -2.10. The third kappa shape index (κ3) is 2.50. The smallest absolute Gasteiger partial charge is 0.337 e. The summed E-state index contributed by atoms with van der Waals surface area (Å²) in [6.45, 7) is 4.03. The zero-order valence-electron chi connectivity index (χ0n) is 14.3. The predicted octanol–water partition coefficient (Wildman–Crippen LogP) is 3.59. The first-order valence-corrected chi connectivity index (χ1v) is 8.23. The summed E-state index contributed by atoms with van der Waals surface area (Å²) in [6, 6.07) is 7.55. The Morgan fingerprint density at radius 1 is 1.19 bits per heavy atom. The van der Waals surface area contributed by atoms with E-state index < -0.39 is 5.97 Å². The van der Waals surface area contributed by atoms with Crippen molar-refractivity contribution in [2.45, 2.75) is 19.9 Å². The van der Waals surface area contributed by atoms with Crippen LogP contribution in [0.3, 0.4) is 0 Å². The van der Waals surface area contributed by atoms with Crippen molar-refractivity contribution in [2.75, 3.05) is 0 Å². The number of carbonyl (C=O) groups is 1. The molecular formula is C20H16N4O2. The maximum atomic E-state index is 11.6. The number of hydrogen-bond donors (Lipinski definition) is 2. The van der Waals surface area contributed by atoms with Crippen molar-refractivity contribution in [2.24, 2.45) is 0 Å². The van der Waals surface area contributed by atoms with Crippen molar-refractivity contribution in [3.63, 3.8) is 0 Å². The van der Waals surface area contributed by atoms with E-state index in [0.717, 1.165) is 22.1 Å². The highest BCUT2D eigenvalue weighted by Crippen LogP contribution is 2.27. The second-order valence-electron chi connectivity index (χ2n) is 6.26. The molecule has 1 aromatic carbocycles. The highest BCUT2D eigenvalue weighted by molar-refractivity contribution is 6.05. The molecule has 0 aliphatic carbocycles. The Balaban J connectivity index is 1.93. The quantitative estimate of drug-likeness (QED) is 0.544. The number of hydrogen-bond acceptors (Lipinski definition) is 3. The molecule has 2 N–H and O–H groups in total. The number of rotatable bonds is 2. The highest BCUT2D eigenvalue weighted by Gasteiger charge is 2.17. The molecule has 0 spiro atoms. The zero-order valence-corrected chi connectivity index (χ0v) is 14.3. The Bertz CT molecular complexity index is 1200. The highest BCUT2D eigenvalue weighted by atomic mass is 16.4. The van der Waals surface area contributed by atoms with E-state index in [-0.39, 0.29) is 11.6 Å². The zero-order chi connectivity index (χ0) is 18.3. The summed E-state index contributed by atoms with van der Waals surface area (Å²) < 4.78 is 1.95. The Morgan fingerprint density at radius 2 is 2.04 bits per heavy atom. The van der Waals surface area contributed by atoms with Gasteiger partial charge in [-0.2, -0.15) is 0 Å². The first-order chi connectivity index (χ1) is 12.6. The maximum Gasteiger partial charge on any atom is 0.337 e. The minimum Gasteiger partial charge on any atom is -0.478 e. The van der Waals surface area contributed by atoms with Crippen LogP contribution in [0.1, 0.15) is 41.5 Å². The van der Waals surface area contributed by atoms with E-state index in [2.05, 4.69) is 26.8 Å². The monoisotopic (exact) mass is 344 g/mol. The third-order valence-electron chi connectivity index (χ3n) is 4.31. The van der Waals surface area contributed by atoms with Crippen molar-refractivity contribution < 1.29 is 9.90 Å². The van der Waals surface area contributed by atoms with Gasteiger partial charge in [-0.15, -0.1) is 0 Å². The molecule has 3 aromatic heterocycles. The van der Waals surface area contributed by atoms with E-state index in [1.165, 1.54) is 6.33 Å². The molecule has 0 fully saturated rings. The van der Waals surface area contributed by atoms with E-state index in [4.69, 9.17) is 0 Å². The number of carboxylic acids is 1. The number of aromatic carboxylic acids is 1. The van der Waals surface area contributed by atoms with Gasteiger partial charge in [0.25, 0.3) is 0 Å². The van der Waals surface area contributed by atoms with Gasteiger partial charge in [-0.05, 0) is 31.9 Å². The lowest BCUT2D eigenvalue weighted by molar-refractivity contribution is 0.0698. The number of nitrogens with zero attached hydrogens (tertiary/aromatic N) is 3. The summed E-state index contributed by atoms with van der Waals surface area (Å²) in [6.07, 6.45) is 4.95. The molecule has 0 aliphatic rings. The lowest BCUT2D eigenvalue weighted by atomic mass is 10.1. The Kier molecular flexibility index (Phi) is 3.70. The summed E-state index contributed by atoms with van der Waals surface area (Å²) in [5, 5.41) is 11.0. The summed E-state index contributed by atoms with van der Waals surface area (Å²) >= 11 is 0. The van der Waals surface area contributed by atoms with Crippen molar-refractivity contribution in [1.29, 1.82) is 0 Å². The molecule has 6 heteroatoms. The van der Waals surface area contributed by atoms with Gasteiger partial charge in [-0.3, -0.25) is 0 Å². The summed E-state index contributed by atoms with van der Waals surface area (Å²) in [5.41, 5.74) is 3.25. The Labute approximate surface area is 149 Å². The Morgan fingerprint density at radius 3 is 2.81 bits per heavy atom. The van der Waals surface area contributed by atoms with Gasteiger partial charge in [0.15, 0.2) is 0 Å². The van der Waals surface area contributed by atoms with Crippen LogP contribution >= 0.6 is 0 Å². The second kappa shape index (κ2) is 6.05. The molecular weight excluding hydrogens is 328 g/mol. The molecule has 0 bridgehead atoms. The molecule has 26 heavy (non-hydrogen) atoms. The molecule has 0 saturated heterocycles. The molecule has 3 heterocycles. The molecule has 4 rings (SSSR count). The second-order valence-corrected chi connectivity index (χ2v) is 6.26. The molecule has 128 valence electrons. The van der Waals surface area contributed by atoms with E-state index in [1.807, 2.05) is 42.7 Å². The van der Waals surface area contributed by atoms with Gasteiger partial charge in [0, 0.05) is 29.4 Å². The van der Waals surface area contributed by atoms with Gasteiger partial charge in [0.1, 0.15) is 17.7 Å². The van der Waals surface area contributed by atoms with Gasteiger partial charge < -0.3 is 14.7 Å². The van der Waals surface area contributed by atoms with Gasteiger partial charge in [0.2, 0.25) is 0 Å². The van der Waals surface area contributed by atoms with Crippen LogP contribution in [0.2, 0.25) is 0 Å². The first-order valence-electron chi connectivity index (χ1n) is 8.23. The molecule has 0 radical (unpaired) electrons. The van der Waals surface area contributed by atoms with Crippen molar-refractivity contribution >= 4 is 27.9 Å². The average Bonchev–Trinajstić information content (AvgIpc) is 3.24. The van der Waals surface area contributed by atoms with Gasteiger partial charge in [0.05, 0.1) is 16.5 Å². The van der Waals surface area contributed by atoms with Gasteiger partial charge in [-0.1, -0.05) is 18.1 Å². The average molecular weight is 344 g/mol. The maximum absolute atomic E-state index is 11.6. The van der Waals surface area contributed by atoms with E-state index in [0.29, 0.717) is 11.1 Å². The molecule has 0 saturated carbocycles. The number of aromatic amines is 1. The number of H-pyrrole nitrogens is 1. The van der Waals surface area contributed by atoms with Crippen molar-refractivity contribution in [3.05, 3.63) is 59.8 Å². The summed E-state index contributed by atoms with van der Waals surface area (Å²) in [7, 11) is 0. The van der Waals surface area contributed by atoms with Gasteiger partial charge in [-0.25, -0.2) is 14.8 Å². The van der Waals surface area contributed by atoms with Crippen LogP contribution in [0.15, 0.2) is 43.0 Å². The van der Waals surface area contributed by atoms with E-state index >= 15 is 0 Å². The molecule has 0 unspecified atom stereocenters. The fraction of sp³-hybridized carbons (Fsp3) is 0.150. The number of aromatic nitrogens is 4. The lowest BCUT2D eigenvalue weighted by Crippen LogP contribution is -2.00. The van der Waals surface area contributed by atoms with Crippen LogP contribution in [0.5, 0.6) is 0 Å². The Hall–Kier alpha value is -3.59. The van der Waals surface area contributed by atoms with Gasteiger partial charge >= 0.3 is 5.97 Å². The number of para-hydroxylation sites is 1. The first kappa shape index (κ1) is 15.9. The molecule has 0 aliphatic heterocycles. The molecule has 4 aromatic rings. The normalized spacial score (nSPS) is 11.0. The minimum absolute atomic E-state index is 0.115. The number of nitrogens with one attached hydrogen (secondary N) is 1. The third-order valence-corrected chi connectivity index (χ3v) is 4.31. The van der Waals surface area contributed by atoms with E-state index in [1.54, 1.807) is 12.4 Å². The van der Waals surface area contributed by atoms with Crippen LogP contribution in [0.25, 0.3) is 21.9 Å². The standard InChI is InChI=1S/C20H16N4O2/c1-12(2)24-10-16(20(25)26)14-5-3-4-13(18(14)24)6-7-17-15-8-9-21-19(15)23-11-22-17/h3-5,8-12H,1-2H3,(H,25,26)(H,21,22,23). The van der Waals surface area contributed by atoms with Crippen LogP contribution in [0.4, 0.5) is 0 Å². The number of fused-ring (bicyclic) bond motifs is 2. The van der Waals surface area contributed by atoms with Crippen molar-refractivity contribution in [1.82, 2.24) is 19.5 Å². The topological polar surface area (TPSA) is 83.8 Å². The number of benzene rings is 1. The van der Waals surface area contributed by atoms with Crippen LogP contribution in [0, 0.1) is 11.8 Å². The molecule has 0 amide bonds. The van der Waals surface area contributed by atoms with E-state index in [9.17, 15) is 9.90 Å². The number of carboxylic acid groups (broad SMARTS) is 1. The summed E-state index contributed by atoms with van der Waals surface area (Å²) in [5.74, 6) is 5.33. The molecule has 0 atom stereocenters. The predicted molar refractivity (Wildman–Crippen MR) is 99.2 cm³/mol.